The maximum absolute atomic E-state index is 13.2. The van der Waals surface area contributed by atoms with Crippen molar-refractivity contribution in [2.75, 3.05) is 19.8 Å². The molecule has 0 aromatic heterocycles. The Morgan fingerprint density at radius 1 is 0.521 bits per heavy atom. The van der Waals surface area contributed by atoms with Crippen molar-refractivity contribution in [2.45, 2.75) is 261 Å². The molecular weight excluding hydrogens is 907 g/mol. The zero-order valence-corrected chi connectivity index (χ0v) is 43.7. The number of nitrogens with one attached hydrogen (secondary N) is 1. The van der Waals surface area contributed by atoms with Gasteiger partial charge in [-0.05, 0) is 64.2 Å². The van der Waals surface area contributed by atoms with E-state index in [9.17, 15) is 45.6 Å². The Labute approximate surface area is 428 Å². The van der Waals surface area contributed by atoms with Crippen LogP contribution in [-0.4, -0.2) is 140 Å². The molecule has 14 heteroatoms. The normalized spacial score (nSPS) is 26.3. The summed E-state index contributed by atoms with van der Waals surface area (Å²) in [5.74, 6) is -0.248. The van der Waals surface area contributed by atoms with Crippen molar-refractivity contribution in [3.05, 3.63) is 72.9 Å². The average Bonchev–Trinajstić information content (AvgIpc) is 3.37. The predicted octanol–water partition coefficient (Wildman–Crippen LogP) is 8.38. The Hall–Kier alpha value is -2.57. The molecule has 12 unspecified atom stereocenters. The number of unbranched alkanes of at least 4 members (excludes halogenated alkanes) is 19. The van der Waals surface area contributed by atoms with Gasteiger partial charge in [0.15, 0.2) is 12.6 Å². The number of aliphatic hydroxyl groups excluding tert-OH is 8. The quantitative estimate of drug-likeness (QED) is 0.0207. The molecule has 0 aromatic carbocycles. The summed E-state index contributed by atoms with van der Waals surface area (Å²) >= 11 is 0. The van der Waals surface area contributed by atoms with Crippen molar-refractivity contribution in [2.24, 2.45) is 0 Å². The number of ether oxygens (including phenoxy) is 4. The third-order valence-corrected chi connectivity index (χ3v) is 13.1. The fourth-order valence-corrected chi connectivity index (χ4v) is 8.67. The molecule has 71 heavy (non-hydrogen) atoms. The first kappa shape index (κ1) is 64.5. The molecule has 0 saturated carbocycles. The summed E-state index contributed by atoms with van der Waals surface area (Å²) in [4.78, 5) is 13.2. The van der Waals surface area contributed by atoms with Crippen molar-refractivity contribution in [1.29, 1.82) is 0 Å². The molecule has 12 atom stereocenters. The van der Waals surface area contributed by atoms with Gasteiger partial charge in [0.1, 0.15) is 48.8 Å². The lowest BCUT2D eigenvalue weighted by molar-refractivity contribution is -0.359. The number of carbonyl (C=O) groups is 1. The van der Waals surface area contributed by atoms with Crippen LogP contribution in [0.2, 0.25) is 0 Å². The lowest BCUT2D eigenvalue weighted by Gasteiger charge is -2.46. The summed E-state index contributed by atoms with van der Waals surface area (Å²) < 4.78 is 22.7. The van der Waals surface area contributed by atoms with Crippen LogP contribution < -0.4 is 5.32 Å². The Kier molecular flexibility index (Phi) is 38.9. The van der Waals surface area contributed by atoms with Gasteiger partial charge in [-0.25, -0.2) is 0 Å². The number of amides is 1. The fourth-order valence-electron chi connectivity index (χ4n) is 8.67. The molecule has 2 heterocycles. The van der Waals surface area contributed by atoms with E-state index in [1.807, 2.05) is 6.08 Å². The summed E-state index contributed by atoms with van der Waals surface area (Å²) in [5.41, 5.74) is 0. The molecule has 2 aliphatic rings. The van der Waals surface area contributed by atoms with Crippen molar-refractivity contribution < 1.29 is 64.6 Å². The first-order valence-electron chi connectivity index (χ1n) is 27.7. The minimum absolute atomic E-state index is 0.248. The van der Waals surface area contributed by atoms with Gasteiger partial charge in [-0.3, -0.25) is 4.79 Å². The van der Waals surface area contributed by atoms with Crippen LogP contribution in [-0.2, 0) is 23.7 Å². The van der Waals surface area contributed by atoms with Crippen LogP contribution in [0.3, 0.4) is 0 Å². The summed E-state index contributed by atoms with van der Waals surface area (Å²) in [5, 5.41) is 86.7. The molecule has 2 aliphatic heterocycles. The van der Waals surface area contributed by atoms with E-state index < -0.39 is 86.8 Å². The Morgan fingerprint density at radius 2 is 0.972 bits per heavy atom. The second-order valence-electron chi connectivity index (χ2n) is 19.3. The maximum atomic E-state index is 13.2. The van der Waals surface area contributed by atoms with E-state index in [1.165, 1.54) is 83.5 Å². The Bertz CT molecular complexity index is 1470. The van der Waals surface area contributed by atoms with Gasteiger partial charge in [-0.2, -0.15) is 0 Å². The molecule has 2 fully saturated rings. The number of rotatable bonds is 42. The highest BCUT2D eigenvalue weighted by Gasteiger charge is 2.51. The molecule has 1 amide bonds. The lowest BCUT2D eigenvalue weighted by atomic mass is 9.97. The van der Waals surface area contributed by atoms with Crippen molar-refractivity contribution >= 4 is 5.91 Å². The second-order valence-corrected chi connectivity index (χ2v) is 19.3. The highest BCUT2D eigenvalue weighted by atomic mass is 16.7. The SMILES string of the molecule is CC/C=C\C/C=C\C/C=C\C/C=C\C/C=C\CCCCCCCCCCCCCC(=O)NC(COC1OC(CO)C(OC2OC(CO)C(O)C(O)C2O)C(O)C1O)C(O)/C=C/CCCCCCCCCC. The van der Waals surface area contributed by atoms with Gasteiger partial charge >= 0.3 is 0 Å². The third kappa shape index (κ3) is 29.2. The topological polar surface area (TPSA) is 228 Å². The smallest absolute Gasteiger partial charge is 0.220 e. The molecule has 2 saturated heterocycles. The highest BCUT2D eigenvalue weighted by molar-refractivity contribution is 5.76. The van der Waals surface area contributed by atoms with Crippen LogP contribution in [0, 0.1) is 0 Å². The zero-order chi connectivity index (χ0) is 51.7. The lowest BCUT2D eigenvalue weighted by Crippen LogP contribution is -2.65. The predicted molar refractivity (Wildman–Crippen MR) is 281 cm³/mol. The van der Waals surface area contributed by atoms with E-state index in [4.69, 9.17) is 18.9 Å². The van der Waals surface area contributed by atoms with Crippen LogP contribution in [0.25, 0.3) is 0 Å². The van der Waals surface area contributed by atoms with Crippen LogP contribution in [0.4, 0.5) is 0 Å². The minimum Gasteiger partial charge on any atom is -0.394 e. The van der Waals surface area contributed by atoms with Gasteiger partial charge in [-0.1, -0.05) is 189 Å². The van der Waals surface area contributed by atoms with E-state index in [-0.39, 0.29) is 18.9 Å². The highest BCUT2D eigenvalue weighted by Crippen LogP contribution is 2.30. The van der Waals surface area contributed by atoms with Gasteiger partial charge in [0.2, 0.25) is 5.91 Å². The number of allylic oxidation sites excluding steroid dienone is 11. The summed E-state index contributed by atoms with van der Waals surface area (Å²) in [6.45, 7) is 2.63. The fraction of sp³-hybridized carbons (Fsp3) is 0.772. The molecule has 9 N–H and O–H groups in total. The largest absolute Gasteiger partial charge is 0.394 e. The summed E-state index contributed by atoms with van der Waals surface area (Å²) in [6.07, 6.45) is 38.1. The Balaban J connectivity index is 1.71. The van der Waals surface area contributed by atoms with E-state index in [0.29, 0.717) is 6.42 Å². The van der Waals surface area contributed by atoms with Crippen LogP contribution in [0.5, 0.6) is 0 Å². The van der Waals surface area contributed by atoms with Gasteiger partial charge in [-0.15, -0.1) is 0 Å². The molecule has 0 radical (unpaired) electrons. The molecule has 410 valence electrons. The minimum atomic E-state index is -1.79. The number of hydrogen-bond donors (Lipinski definition) is 9. The van der Waals surface area contributed by atoms with E-state index in [2.05, 4.69) is 79.9 Å². The molecule has 0 aliphatic carbocycles. The molecule has 14 nitrogen and oxygen atoms in total. The Morgan fingerprint density at radius 3 is 1.49 bits per heavy atom. The maximum Gasteiger partial charge on any atom is 0.220 e. The molecular formula is C57H99NO13. The second kappa shape index (κ2) is 42.8. The molecule has 2 rings (SSSR count). The van der Waals surface area contributed by atoms with Crippen molar-refractivity contribution in [1.82, 2.24) is 5.32 Å². The van der Waals surface area contributed by atoms with Gasteiger partial charge in [0.25, 0.3) is 0 Å². The zero-order valence-electron chi connectivity index (χ0n) is 43.7. The first-order chi connectivity index (χ1) is 34.6. The molecule has 0 spiro atoms. The number of hydrogen-bond acceptors (Lipinski definition) is 13. The van der Waals surface area contributed by atoms with E-state index in [1.54, 1.807) is 6.08 Å². The summed E-state index contributed by atoms with van der Waals surface area (Å²) in [6, 6.07) is -0.918. The third-order valence-electron chi connectivity index (χ3n) is 13.1. The molecule has 0 bridgehead atoms. The van der Waals surface area contributed by atoms with Crippen LogP contribution in [0.1, 0.15) is 187 Å². The van der Waals surface area contributed by atoms with Gasteiger partial charge in [0, 0.05) is 6.42 Å². The number of carbonyl (C=O) groups excluding carboxylic acids is 1. The number of aliphatic hydroxyl groups is 8. The van der Waals surface area contributed by atoms with Crippen LogP contribution in [0.15, 0.2) is 72.9 Å². The van der Waals surface area contributed by atoms with Gasteiger partial charge in [0.05, 0.1) is 32.0 Å². The first-order valence-corrected chi connectivity index (χ1v) is 27.7. The van der Waals surface area contributed by atoms with Crippen molar-refractivity contribution in [3.63, 3.8) is 0 Å². The summed E-state index contributed by atoms with van der Waals surface area (Å²) in [7, 11) is 0. The molecule has 0 aromatic rings. The van der Waals surface area contributed by atoms with E-state index in [0.717, 1.165) is 77.0 Å². The monoisotopic (exact) mass is 1010 g/mol. The average molecular weight is 1010 g/mol. The van der Waals surface area contributed by atoms with E-state index >= 15 is 0 Å². The standard InChI is InChI=1S/C57H99NO13/c1-3-5-7-9-11-13-15-16-17-18-19-20-21-22-23-24-25-26-27-28-29-30-31-33-35-37-39-41-49(62)58-45(46(61)40-38-36-34-32-14-12-10-8-6-4-2)44-68-56-54(67)52(65)55(48(43-60)70-56)71-57-53(66)51(64)50(63)47(42-59)69-57/h5,7,11,13,16-17,19-20,22-23,38,40,45-48,50-57,59-61,63-67H,3-4,6,8-10,12,14-15,18,21,24-37,39,41-44H2,1-2H3,(H,58,62)/b7-5-,13-11-,17-16-,20-19-,23-22-,40-38+. The van der Waals surface area contributed by atoms with Crippen molar-refractivity contribution in [3.8, 4) is 0 Å². The van der Waals surface area contributed by atoms with Gasteiger partial charge < -0.3 is 65.1 Å². The van der Waals surface area contributed by atoms with Crippen LogP contribution >= 0.6 is 0 Å².